The maximum Gasteiger partial charge on any atom is 0.221 e. The fourth-order valence-corrected chi connectivity index (χ4v) is 2.94. The van der Waals surface area contributed by atoms with Crippen LogP contribution < -0.4 is 0 Å². The molecule has 0 aliphatic carbocycles. The molecule has 4 aromatic rings. The van der Waals surface area contributed by atoms with E-state index in [4.69, 9.17) is 21.1 Å². The van der Waals surface area contributed by atoms with E-state index in [9.17, 15) is 4.79 Å². The molecule has 2 aromatic carbocycles. The molecule has 0 radical (unpaired) electrons. The summed E-state index contributed by atoms with van der Waals surface area (Å²) in [7, 11) is 0. The van der Waals surface area contributed by atoms with Crippen molar-refractivity contribution in [1.82, 2.24) is 9.78 Å². The molecule has 4 nitrogen and oxygen atoms in total. The lowest BCUT2D eigenvalue weighted by Crippen LogP contribution is -1.93. The average molecular weight is 375 g/mol. The lowest BCUT2D eigenvalue weighted by atomic mass is 10.1. The summed E-state index contributed by atoms with van der Waals surface area (Å²) in [6, 6.07) is 20.6. The number of rotatable bonds is 5. The van der Waals surface area contributed by atoms with Gasteiger partial charge in [0.2, 0.25) is 5.78 Å². The molecule has 5 heteroatoms. The molecule has 132 valence electrons. The molecule has 0 saturated carbocycles. The van der Waals surface area contributed by atoms with E-state index in [-0.39, 0.29) is 5.78 Å². The third-order valence-electron chi connectivity index (χ3n) is 4.04. The van der Waals surface area contributed by atoms with Crippen molar-refractivity contribution in [3.8, 4) is 16.9 Å². The van der Waals surface area contributed by atoms with Crippen molar-refractivity contribution in [3.05, 3.63) is 102 Å². The Morgan fingerprint density at radius 2 is 1.89 bits per heavy atom. The molecular weight excluding hydrogens is 360 g/mol. The van der Waals surface area contributed by atoms with E-state index in [0.717, 1.165) is 22.5 Å². The van der Waals surface area contributed by atoms with Gasteiger partial charge in [0.15, 0.2) is 5.76 Å². The molecule has 0 amide bonds. The Balaban J connectivity index is 1.76. The van der Waals surface area contributed by atoms with Crippen molar-refractivity contribution < 1.29 is 9.21 Å². The average Bonchev–Trinajstić information content (AvgIpc) is 3.37. The van der Waals surface area contributed by atoms with Gasteiger partial charge in [0, 0.05) is 22.3 Å². The third kappa shape index (κ3) is 3.76. The number of allylic oxidation sites excluding steroid dienone is 1. The highest BCUT2D eigenvalue weighted by atomic mass is 35.5. The van der Waals surface area contributed by atoms with Crippen LogP contribution in [-0.2, 0) is 0 Å². The molecular formula is C22H15ClN2O2. The number of benzene rings is 2. The molecule has 4 rings (SSSR count). The first-order valence-corrected chi connectivity index (χ1v) is 8.75. The number of furan rings is 1. The van der Waals surface area contributed by atoms with E-state index in [1.807, 2.05) is 60.8 Å². The van der Waals surface area contributed by atoms with Crippen LogP contribution in [0.5, 0.6) is 0 Å². The zero-order valence-corrected chi connectivity index (χ0v) is 15.0. The second-order valence-electron chi connectivity index (χ2n) is 5.90. The van der Waals surface area contributed by atoms with E-state index in [1.165, 1.54) is 12.3 Å². The fourth-order valence-electron chi connectivity index (χ4n) is 2.75. The highest BCUT2D eigenvalue weighted by molar-refractivity contribution is 6.30. The van der Waals surface area contributed by atoms with E-state index in [1.54, 1.807) is 22.9 Å². The summed E-state index contributed by atoms with van der Waals surface area (Å²) in [5.41, 5.74) is 3.35. The lowest BCUT2D eigenvalue weighted by molar-refractivity contribution is 0.102. The normalized spacial score (nSPS) is 11.1. The van der Waals surface area contributed by atoms with Crippen LogP contribution in [0.4, 0.5) is 0 Å². The number of halogens is 1. The summed E-state index contributed by atoms with van der Waals surface area (Å²) in [4.78, 5) is 12.2. The zero-order valence-electron chi connectivity index (χ0n) is 14.2. The number of hydrogen-bond donors (Lipinski definition) is 0. The molecule has 2 heterocycles. The second kappa shape index (κ2) is 7.48. The van der Waals surface area contributed by atoms with Crippen LogP contribution in [0.2, 0.25) is 5.02 Å². The largest absolute Gasteiger partial charge is 0.461 e. The van der Waals surface area contributed by atoms with Gasteiger partial charge in [-0.25, -0.2) is 4.68 Å². The van der Waals surface area contributed by atoms with Crippen molar-refractivity contribution in [2.75, 3.05) is 0 Å². The van der Waals surface area contributed by atoms with Crippen LogP contribution in [0.25, 0.3) is 23.0 Å². The molecule has 0 spiro atoms. The predicted octanol–water partition coefficient (Wildman–Crippen LogP) is 5.68. The van der Waals surface area contributed by atoms with Crippen LogP contribution >= 0.6 is 11.6 Å². The molecule has 0 aliphatic heterocycles. The van der Waals surface area contributed by atoms with Crippen LogP contribution in [0, 0.1) is 0 Å². The van der Waals surface area contributed by atoms with Gasteiger partial charge in [-0.1, -0.05) is 41.9 Å². The lowest BCUT2D eigenvalue weighted by Gasteiger charge is -2.01. The van der Waals surface area contributed by atoms with Gasteiger partial charge in [0.05, 0.1) is 17.6 Å². The molecule has 0 unspecified atom stereocenters. The summed E-state index contributed by atoms with van der Waals surface area (Å²) in [6.45, 7) is 0. The Labute approximate surface area is 161 Å². The summed E-state index contributed by atoms with van der Waals surface area (Å²) in [5.74, 6) is 0.0931. The monoisotopic (exact) mass is 374 g/mol. The van der Waals surface area contributed by atoms with Crippen LogP contribution in [0.3, 0.4) is 0 Å². The highest BCUT2D eigenvalue weighted by Gasteiger charge is 2.12. The summed E-state index contributed by atoms with van der Waals surface area (Å²) in [6.07, 6.45) is 6.59. The molecule has 27 heavy (non-hydrogen) atoms. The topological polar surface area (TPSA) is 48.0 Å². The number of carbonyl (C=O) groups is 1. The summed E-state index contributed by atoms with van der Waals surface area (Å²) >= 11 is 6.15. The van der Waals surface area contributed by atoms with E-state index in [0.29, 0.717) is 10.8 Å². The number of aromatic nitrogens is 2. The van der Waals surface area contributed by atoms with Crippen molar-refractivity contribution in [2.24, 2.45) is 0 Å². The molecule has 0 aliphatic rings. The van der Waals surface area contributed by atoms with Gasteiger partial charge in [-0.2, -0.15) is 5.10 Å². The number of para-hydroxylation sites is 1. The molecule has 2 aromatic heterocycles. The summed E-state index contributed by atoms with van der Waals surface area (Å²) < 4.78 is 6.93. The van der Waals surface area contributed by atoms with Crippen molar-refractivity contribution in [2.45, 2.75) is 0 Å². The van der Waals surface area contributed by atoms with Gasteiger partial charge in [0.1, 0.15) is 0 Å². The van der Waals surface area contributed by atoms with Gasteiger partial charge >= 0.3 is 0 Å². The minimum atomic E-state index is -0.204. The smallest absolute Gasteiger partial charge is 0.221 e. The SMILES string of the molecule is O=C(/C=C/c1cn(-c2ccccc2)nc1-c1cccc(Cl)c1)c1ccco1. The minimum absolute atomic E-state index is 0.204. The highest BCUT2D eigenvalue weighted by Crippen LogP contribution is 2.27. The van der Waals surface area contributed by atoms with Crippen LogP contribution in [-0.4, -0.2) is 15.6 Å². The summed E-state index contributed by atoms with van der Waals surface area (Å²) in [5, 5.41) is 5.33. The van der Waals surface area contributed by atoms with E-state index >= 15 is 0 Å². The van der Waals surface area contributed by atoms with Crippen molar-refractivity contribution in [3.63, 3.8) is 0 Å². The Morgan fingerprint density at radius 1 is 1.04 bits per heavy atom. The number of ketones is 1. The second-order valence-corrected chi connectivity index (χ2v) is 6.33. The number of carbonyl (C=O) groups excluding carboxylic acids is 1. The maximum atomic E-state index is 12.2. The third-order valence-corrected chi connectivity index (χ3v) is 4.27. The predicted molar refractivity (Wildman–Crippen MR) is 106 cm³/mol. The molecule has 0 N–H and O–H groups in total. The van der Waals surface area contributed by atoms with Gasteiger partial charge in [0.25, 0.3) is 0 Å². The Bertz CT molecular complexity index is 1100. The Kier molecular flexibility index (Phi) is 4.73. The Hall–Kier alpha value is -3.37. The van der Waals surface area contributed by atoms with Gasteiger partial charge in [-0.05, 0) is 48.6 Å². The minimum Gasteiger partial charge on any atom is -0.461 e. The van der Waals surface area contributed by atoms with E-state index in [2.05, 4.69) is 0 Å². The van der Waals surface area contributed by atoms with Gasteiger partial charge in [-0.15, -0.1) is 0 Å². The molecule has 0 atom stereocenters. The first-order valence-electron chi connectivity index (χ1n) is 8.38. The number of nitrogens with zero attached hydrogens (tertiary/aromatic N) is 2. The first-order chi connectivity index (χ1) is 13.2. The fraction of sp³-hybridized carbons (Fsp3) is 0. The first kappa shape index (κ1) is 17.1. The molecule has 0 fully saturated rings. The van der Waals surface area contributed by atoms with E-state index < -0.39 is 0 Å². The standard InChI is InChI=1S/C22H15ClN2O2/c23-18-7-4-6-16(14-18)22-17(11-12-20(26)21-10-5-13-27-21)15-25(24-22)19-8-2-1-3-9-19/h1-15H/b12-11+. The molecule has 0 saturated heterocycles. The van der Waals surface area contributed by atoms with Gasteiger partial charge in [-0.3, -0.25) is 4.79 Å². The van der Waals surface area contributed by atoms with Crippen molar-refractivity contribution in [1.29, 1.82) is 0 Å². The molecule has 0 bridgehead atoms. The van der Waals surface area contributed by atoms with Crippen LogP contribution in [0.1, 0.15) is 16.1 Å². The maximum absolute atomic E-state index is 12.2. The van der Waals surface area contributed by atoms with Crippen molar-refractivity contribution >= 4 is 23.5 Å². The quantitative estimate of drug-likeness (QED) is 0.333. The Morgan fingerprint density at radius 3 is 2.63 bits per heavy atom. The number of hydrogen-bond acceptors (Lipinski definition) is 3. The van der Waals surface area contributed by atoms with Gasteiger partial charge < -0.3 is 4.42 Å². The zero-order chi connectivity index (χ0) is 18.6. The van der Waals surface area contributed by atoms with Crippen LogP contribution in [0.15, 0.2) is 89.7 Å².